The van der Waals surface area contributed by atoms with E-state index in [0.29, 0.717) is 19.3 Å². The number of phosphoric acid groups is 1. The van der Waals surface area contributed by atoms with Gasteiger partial charge in [-0.25, -0.2) is 0 Å². The SMILES string of the molecule is CCCCCCCCCCCC(=O)N[C@H]1[C@H](OC(=O)CCCCCCCCCCC)O[C@H](CO)[C@@H](OP(=O)([O-])[O-])[C@@H]1OC(=O)CCCCCCCCCCC.[Na+].[Na+]. The van der Waals surface area contributed by atoms with Gasteiger partial charge < -0.3 is 43.5 Å². The van der Waals surface area contributed by atoms with Crippen molar-refractivity contribution in [3.05, 3.63) is 0 Å². The summed E-state index contributed by atoms with van der Waals surface area (Å²) < 4.78 is 34.0. The van der Waals surface area contributed by atoms with Crippen molar-refractivity contribution in [1.82, 2.24) is 5.32 Å². The van der Waals surface area contributed by atoms with Gasteiger partial charge in [0.2, 0.25) is 12.2 Å². The van der Waals surface area contributed by atoms with Crippen LogP contribution in [0.15, 0.2) is 0 Å². The van der Waals surface area contributed by atoms with Crippen LogP contribution in [0.5, 0.6) is 0 Å². The third-order valence-corrected chi connectivity index (χ3v) is 10.9. The van der Waals surface area contributed by atoms with Gasteiger partial charge in [-0.05, 0) is 19.3 Å². The summed E-state index contributed by atoms with van der Waals surface area (Å²) in [4.78, 5) is 63.4. The number of unbranched alkanes of at least 4 members (excludes halogenated alkanes) is 24. The molecule has 1 fully saturated rings. The van der Waals surface area contributed by atoms with Gasteiger partial charge in [-0.1, -0.05) is 175 Å². The summed E-state index contributed by atoms with van der Waals surface area (Å²) in [6, 6.07) is -1.38. The molecule has 0 aromatic carbocycles. The molecule has 0 aliphatic carbocycles. The van der Waals surface area contributed by atoms with Crippen LogP contribution in [0.4, 0.5) is 0 Å². The number of hydrogen-bond donors (Lipinski definition) is 2. The molecule has 1 aliphatic rings. The van der Waals surface area contributed by atoms with Crippen molar-refractivity contribution in [3.8, 4) is 0 Å². The molecule has 1 saturated heterocycles. The maximum atomic E-state index is 13.3. The van der Waals surface area contributed by atoms with Crippen molar-refractivity contribution in [2.75, 3.05) is 6.61 Å². The minimum Gasteiger partial charge on any atom is -0.790 e. The maximum absolute atomic E-state index is 13.3. The third-order valence-electron chi connectivity index (χ3n) is 10.4. The second kappa shape index (κ2) is 39.3. The van der Waals surface area contributed by atoms with Gasteiger partial charge in [0.15, 0.2) is 6.10 Å². The molecule has 12 nitrogen and oxygen atoms in total. The summed E-state index contributed by atoms with van der Waals surface area (Å²) in [5.41, 5.74) is 0. The predicted octanol–water partition coefficient (Wildman–Crippen LogP) is 2.63. The Kier molecular flexibility index (Phi) is 41.0. The summed E-state index contributed by atoms with van der Waals surface area (Å²) in [7, 11) is -5.69. The molecule has 0 saturated carbocycles. The number of nitrogens with one attached hydrogen (secondary N) is 1. The van der Waals surface area contributed by atoms with E-state index in [0.717, 1.165) is 77.0 Å². The number of hydrogen-bond acceptors (Lipinski definition) is 11. The van der Waals surface area contributed by atoms with Crippen LogP contribution in [-0.4, -0.2) is 60.2 Å². The van der Waals surface area contributed by atoms with Crippen LogP contribution < -0.4 is 74.2 Å². The molecule has 1 rings (SSSR count). The predicted molar refractivity (Wildman–Crippen MR) is 212 cm³/mol. The third kappa shape index (κ3) is 31.9. The molecule has 0 aromatic heterocycles. The molecular formula is C42H78NNa2O11P. The summed E-state index contributed by atoms with van der Waals surface area (Å²) in [5, 5.41) is 12.9. The number of aliphatic hydroxyl groups excluding tert-OH is 1. The van der Waals surface area contributed by atoms with Crippen LogP contribution in [0, 0.1) is 0 Å². The topological polar surface area (TPSA) is 184 Å². The van der Waals surface area contributed by atoms with Gasteiger partial charge in [0.05, 0.1) is 14.4 Å². The Bertz CT molecular complexity index is 1040. The van der Waals surface area contributed by atoms with Gasteiger partial charge in [-0.15, -0.1) is 0 Å². The number of ether oxygens (including phenoxy) is 3. The molecule has 5 atom stereocenters. The summed E-state index contributed by atoms with van der Waals surface area (Å²) in [5.74, 6) is -1.74. The second-order valence-corrected chi connectivity index (χ2v) is 16.6. The Morgan fingerprint density at radius 3 is 1.28 bits per heavy atom. The normalized spacial score (nSPS) is 19.3. The Morgan fingerprint density at radius 1 is 0.561 bits per heavy atom. The van der Waals surface area contributed by atoms with Gasteiger partial charge in [0.25, 0.3) is 0 Å². The first-order valence-corrected chi connectivity index (χ1v) is 23.7. The van der Waals surface area contributed by atoms with Gasteiger partial charge >= 0.3 is 71.1 Å². The standard InChI is InChI=1S/C42H80NO11P.2Na/c1-4-7-10-13-16-19-22-25-28-31-36(45)43-39-41(52-37(46)32-29-26-23-20-17-14-11-8-5-2)40(54-55(48,49)50)35(34-44)51-42(39)53-38(47)33-30-27-24-21-18-15-12-9-6-3;;/h35,39-42,44H,4-34H2,1-3H3,(H,43,45)(H2,48,49,50);;/q;2*+1/p-2/t35-,39-,40-,41-,42+;;/m1../s1. The van der Waals surface area contributed by atoms with Crippen LogP contribution in [0.1, 0.15) is 213 Å². The van der Waals surface area contributed by atoms with Crippen LogP contribution >= 0.6 is 7.82 Å². The van der Waals surface area contributed by atoms with E-state index in [4.69, 9.17) is 18.7 Å². The van der Waals surface area contributed by atoms with Crippen LogP contribution in [0.25, 0.3) is 0 Å². The molecule has 0 aromatic rings. The van der Waals surface area contributed by atoms with Crippen LogP contribution in [-0.2, 0) is 37.7 Å². The fraction of sp³-hybridized carbons (Fsp3) is 0.929. The number of phosphoric ester groups is 1. The minimum atomic E-state index is -5.69. The Labute approximate surface area is 390 Å². The van der Waals surface area contributed by atoms with Gasteiger partial charge in [0.1, 0.15) is 18.2 Å². The first-order chi connectivity index (χ1) is 26.6. The number of esters is 2. The quantitative estimate of drug-likeness (QED) is 0.0409. The molecule has 0 bridgehead atoms. The van der Waals surface area contributed by atoms with E-state index >= 15 is 0 Å². The maximum Gasteiger partial charge on any atom is 1.00 e. The van der Waals surface area contributed by atoms with Crippen molar-refractivity contribution < 1.29 is 112 Å². The summed E-state index contributed by atoms with van der Waals surface area (Å²) in [6.07, 6.45) is 22.2. The molecule has 1 amide bonds. The van der Waals surface area contributed by atoms with Crippen LogP contribution in [0.2, 0.25) is 0 Å². The second-order valence-electron chi connectivity index (χ2n) is 15.5. The zero-order valence-electron chi connectivity index (χ0n) is 36.8. The fourth-order valence-electron chi connectivity index (χ4n) is 7.13. The van der Waals surface area contributed by atoms with E-state index in [9.17, 15) is 33.8 Å². The van der Waals surface area contributed by atoms with Crippen LogP contribution in [0.3, 0.4) is 0 Å². The average molecular weight is 850 g/mol. The number of amides is 1. The molecular weight excluding hydrogens is 771 g/mol. The molecule has 15 heteroatoms. The largest absolute Gasteiger partial charge is 1.00 e. The average Bonchev–Trinajstić information content (AvgIpc) is 3.14. The zero-order chi connectivity index (χ0) is 40.6. The molecule has 0 radical (unpaired) electrons. The molecule has 57 heavy (non-hydrogen) atoms. The van der Waals surface area contributed by atoms with E-state index in [1.54, 1.807) is 0 Å². The first-order valence-electron chi connectivity index (χ1n) is 22.2. The summed E-state index contributed by atoms with van der Waals surface area (Å²) >= 11 is 0. The number of carbonyl (C=O) groups is 3. The van der Waals surface area contributed by atoms with Gasteiger partial charge in [-0.3, -0.25) is 14.4 Å². The van der Waals surface area contributed by atoms with Crippen molar-refractivity contribution in [3.63, 3.8) is 0 Å². The fourth-order valence-corrected chi connectivity index (χ4v) is 7.69. The van der Waals surface area contributed by atoms with Gasteiger partial charge in [-0.2, -0.15) is 0 Å². The number of carbonyl (C=O) groups excluding carboxylic acids is 3. The molecule has 0 unspecified atom stereocenters. The number of rotatable bonds is 36. The van der Waals surface area contributed by atoms with Gasteiger partial charge in [0, 0.05) is 19.3 Å². The minimum absolute atomic E-state index is 0. The van der Waals surface area contributed by atoms with E-state index in [-0.39, 0.29) is 78.4 Å². The molecule has 1 aliphatic heterocycles. The van der Waals surface area contributed by atoms with E-state index in [1.807, 2.05) is 0 Å². The van der Waals surface area contributed by atoms with Crippen molar-refractivity contribution in [1.29, 1.82) is 0 Å². The zero-order valence-corrected chi connectivity index (χ0v) is 41.7. The molecule has 0 spiro atoms. The van der Waals surface area contributed by atoms with E-state index in [1.165, 1.54) is 77.0 Å². The Balaban J connectivity index is 0. The first kappa shape index (κ1) is 59.5. The molecule has 2 N–H and O–H groups in total. The monoisotopic (exact) mass is 850 g/mol. The van der Waals surface area contributed by atoms with Crippen molar-refractivity contribution in [2.45, 2.75) is 244 Å². The molecule has 1 heterocycles. The summed E-state index contributed by atoms with van der Waals surface area (Å²) in [6.45, 7) is 5.72. The van der Waals surface area contributed by atoms with E-state index < -0.39 is 62.9 Å². The number of aliphatic hydroxyl groups is 1. The Morgan fingerprint density at radius 2 is 0.912 bits per heavy atom. The smallest absolute Gasteiger partial charge is 0.790 e. The molecule has 324 valence electrons. The van der Waals surface area contributed by atoms with Crippen molar-refractivity contribution in [2.24, 2.45) is 0 Å². The van der Waals surface area contributed by atoms with Crippen molar-refractivity contribution >= 4 is 25.7 Å². The van der Waals surface area contributed by atoms with E-state index in [2.05, 4.69) is 26.1 Å². The Hall–Kier alpha value is 0.440.